The summed E-state index contributed by atoms with van der Waals surface area (Å²) in [5, 5.41) is 7.45. The molecule has 0 bridgehead atoms. The van der Waals surface area contributed by atoms with Crippen LogP contribution in [0.5, 0.6) is 5.75 Å². The zero-order valence-corrected chi connectivity index (χ0v) is 18.1. The van der Waals surface area contributed by atoms with E-state index in [1.54, 1.807) is 24.3 Å². The van der Waals surface area contributed by atoms with E-state index in [0.717, 1.165) is 29.7 Å². The van der Waals surface area contributed by atoms with Crippen molar-refractivity contribution in [2.45, 2.75) is 31.6 Å². The van der Waals surface area contributed by atoms with E-state index in [4.69, 9.17) is 16.3 Å². The highest BCUT2D eigenvalue weighted by Crippen LogP contribution is 2.37. The van der Waals surface area contributed by atoms with Crippen molar-refractivity contribution in [2.75, 3.05) is 13.2 Å². The highest BCUT2D eigenvalue weighted by molar-refractivity contribution is 6.30. The first-order valence-electron chi connectivity index (χ1n) is 10.2. The van der Waals surface area contributed by atoms with E-state index >= 15 is 0 Å². The minimum Gasteiger partial charge on any atom is -0.484 e. The molecule has 2 aromatic carbocycles. The van der Waals surface area contributed by atoms with Crippen LogP contribution in [-0.2, 0) is 17.5 Å². The number of nitrogens with one attached hydrogen (secondary N) is 1. The van der Waals surface area contributed by atoms with Crippen molar-refractivity contribution in [3.05, 3.63) is 69.6 Å². The van der Waals surface area contributed by atoms with Gasteiger partial charge >= 0.3 is 11.9 Å². The summed E-state index contributed by atoms with van der Waals surface area (Å²) in [6, 6.07) is 11.2. The molecule has 1 heterocycles. The van der Waals surface area contributed by atoms with E-state index in [2.05, 4.69) is 10.4 Å². The minimum absolute atomic E-state index is 0.0667. The normalized spacial score (nSPS) is 13.7. The van der Waals surface area contributed by atoms with Gasteiger partial charge in [0, 0.05) is 23.2 Å². The van der Waals surface area contributed by atoms with Crippen molar-refractivity contribution >= 4 is 17.5 Å². The number of nitrogens with zero attached hydrogens (tertiary/aromatic N) is 3. The fourth-order valence-electron chi connectivity index (χ4n) is 3.29. The van der Waals surface area contributed by atoms with Crippen molar-refractivity contribution in [3.63, 3.8) is 0 Å². The summed E-state index contributed by atoms with van der Waals surface area (Å²) < 4.78 is 47.3. The summed E-state index contributed by atoms with van der Waals surface area (Å²) in [5.41, 5.74) is -1.01. The van der Waals surface area contributed by atoms with Crippen molar-refractivity contribution in [2.24, 2.45) is 0 Å². The van der Waals surface area contributed by atoms with Gasteiger partial charge in [-0.15, -0.1) is 5.10 Å². The Morgan fingerprint density at radius 3 is 2.58 bits per heavy atom. The molecule has 1 amide bonds. The molecule has 7 nitrogen and oxygen atoms in total. The molecule has 3 aromatic rings. The predicted molar refractivity (Wildman–Crippen MR) is 115 cm³/mol. The Balaban J connectivity index is 1.42. The molecule has 1 aliphatic rings. The summed E-state index contributed by atoms with van der Waals surface area (Å²) in [6.07, 6.45) is -2.98. The van der Waals surface area contributed by atoms with Gasteiger partial charge < -0.3 is 10.1 Å². The number of alkyl halides is 3. The average Bonchev–Trinajstić information content (AvgIpc) is 3.56. The van der Waals surface area contributed by atoms with E-state index in [1.807, 2.05) is 0 Å². The van der Waals surface area contributed by atoms with Crippen molar-refractivity contribution in [3.8, 4) is 17.1 Å². The van der Waals surface area contributed by atoms with Crippen molar-refractivity contribution in [1.29, 1.82) is 0 Å². The third-order valence-electron chi connectivity index (χ3n) is 5.06. The van der Waals surface area contributed by atoms with E-state index in [9.17, 15) is 22.8 Å². The zero-order chi connectivity index (χ0) is 23.6. The molecule has 0 saturated heterocycles. The van der Waals surface area contributed by atoms with Gasteiger partial charge in [-0.3, -0.25) is 9.36 Å². The smallest absolute Gasteiger partial charge is 0.416 e. The summed E-state index contributed by atoms with van der Waals surface area (Å²) in [6.45, 7) is -0.0494. The van der Waals surface area contributed by atoms with Crippen LogP contribution >= 0.6 is 11.6 Å². The average molecular weight is 481 g/mol. The van der Waals surface area contributed by atoms with Crippen LogP contribution in [0.2, 0.25) is 5.02 Å². The maximum Gasteiger partial charge on any atom is 0.416 e. The number of halogens is 4. The molecule has 33 heavy (non-hydrogen) atoms. The minimum atomic E-state index is -4.50. The predicted octanol–water partition coefficient (Wildman–Crippen LogP) is 3.91. The first-order chi connectivity index (χ1) is 15.7. The third kappa shape index (κ3) is 5.57. The molecule has 0 spiro atoms. The standard InChI is InChI=1S/C22H20ClF3N4O3/c23-16-4-8-18(9-5-16)33-13-19(31)27-10-11-29-21(32)30(17-6-7-17)20(28-29)14-2-1-3-15(12-14)22(24,25)26/h1-5,8-9,12,17H,6-7,10-11,13H2,(H,27,31). The first-order valence-corrected chi connectivity index (χ1v) is 10.6. The topological polar surface area (TPSA) is 78.2 Å². The van der Waals surface area contributed by atoms with Gasteiger partial charge in [0.05, 0.1) is 12.1 Å². The largest absolute Gasteiger partial charge is 0.484 e. The molecular weight excluding hydrogens is 461 g/mol. The first kappa shape index (κ1) is 22.9. The number of rotatable bonds is 8. The Hall–Kier alpha value is -3.27. The van der Waals surface area contributed by atoms with Crippen LogP contribution in [-0.4, -0.2) is 33.4 Å². The van der Waals surface area contributed by atoms with Gasteiger partial charge in [0.25, 0.3) is 5.91 Å². The zero-order valence-electron chi connectivity index (χ0n) is 17.3. The lowest BCUT2D eigenvalue weighted by atomic mass is 10.1. The fraction of sp³-hybridized carbons (Fsp3) is 0.318. The van der Waals surface area contributed by atoms with E-state index < -0.39 is 23.3 Å². The maximum atomic E-state index is 13.1. The second kappa shape index (κ2) is 9.30. The van der Waals surface area contributed by atoms with Crippen LogP contribution in [0.1, 0.15) is 24.4 Å². The molecule has 0 atom stereocenters. The number of amides is 1. The van der Waals surface area contributed by atoms with Crippen LogP contribution < -0.4 is 15.7 Å². The number of benzene rings is 2. The highest BCUT2D eigenvalue weighted by Gasteiger charge is 2.33. The summed E-state index contributed by atoms with van der Waals surface area (Å²) in [7, 11) is 0. The summed E-state index contributed by atoms with van der Waals surface area (Å²) in [5.74, 6) is 0.281. The summed E-state index contributed by atoms with van der Waals surface area (Å²) in [4.78, 5) is 24.9. The summed E-state index contributed by atoms with van der Waals surface area (Å²) >= 11 is 5.80. The van der Waals surface area contributed by atoms with Crippen LogP contribution in [0.4, 0.5) is 13.2 Å². The Kier molecular flexibility index (Phi) is 6.46. The molecule has 174 valence electrons. The second-order valence-corrected chi connectivity index (χ2v) is 8.04. The molecule has 0 radical (unpaired) electrons. The Morgan fingerprint density at radius 1 is 1.18 bits per heavy atom. The molecule has 0 aliphatic heterocycles. The Bertz CT molecular complexity index is 1200. The van der Waals surface area contributed by atoms with Gasteiger partial charge in [0.1, 0.15) is 5.75 Å². The number of hydrogen-bond acceptors (Lipinski definition) is 4. The van der Waals surface area contributed by atoms with Crippen molar-refractivity contribution < 1.29 is 22.7 Å². The van der Waals surface area contributed by atoms with Gasteiger partial charge in [-0.2, -0.15) is 13.2 Å². The third-order valence-corrected chi connectivity index (χ3v) is 5.31. The SMILES string of the molecule is O=C(COc1ccc(Cl)cc1)NCCn1nc(-c2cccc(C(F)(F)F)c2)n(C2CC2)c1=O. The molecule has 1 saturated carbocycles. The van der Waals surface area contributed by atoms with Crippen LogP contribution in [0.15, 0.2) is 53.3 Å². The molecule has 4 rings (SSSR count). The number of carbonyl (C=O) groups excluding carboxylic acids is 1. The molecule has 1 aliphatic carbocycles. The molecular formula is C22H20ClF3N4O3. The number of carbonyl (C=O) groups is 1. The van der Waals surface area contributed by atoms with Gasteiger partial charge in [-0.1, -0.05) is 23.7 Å². The molecule has 0 unspecified atom stereocenters. The van der Waals surface area contributed by atoms with E-state index in [0.29, 0.717) is 10.8 Å². The second-order valence-electron chi connectivity index (χ2n) is 7.60. The van der Waals surface area contributed by atoms with Gasteiger partial charge in [-0.05, 0) is 49.2 Å². The number of hydrogen-bond donors (Lipinski definition) is 1. The maximum absolute atomic E-state index is 13.1. The molecule has 11 heteroatoms. The number of ether oxygens (including phenoxy) is 1. The molecule has 1 aromatic heterocycles. The van der Waals surface area contributed by atoms with Gasteiger partial charge in [-0.25, -0.2) is 9.48 Å². The lowest BCUT2D eigenvalue weighted by molar-refractivity contribution is -0.137. The fourth-order valence-corrected chi connectivity index (χ4v) is 3.42. The van der Waals surface area contributed by atoms with Gasteiger partial charge in [0.2, 0.25) is 0 Å². The monoisotopic (exact) mass is 480 g/mol. The van der Waals surface area contributed by atoms with E-state index in [1.165, 1.54) is 16.7 Å². The van der Waals surface area contributed by atoms with Gasteiger partial charge in [0.15, 0.2) is 12.4 Å². The Labute approximate surface area is 191 Å². The molecule has 1 fully saturated rings. The quantitative estimate of drug-likeness (QED) is 0.530. The van der Waals surface area contributed by atoms with Crippen LogP contribution in [0.25, 0.3) is 11.4 Å². The Morgan fingerprint density at radius 2 is 1.91 bits per heavy atom. The number of aromatic nitrogens is 3. The van der Waals surface area contributed by atoms with Crippen LogP contribution in [0.3, 0.4) is 0 Å². The van der Waals surface area contributed by atoms with E-state index in [-0.39, 0.29) is 37.1 Å². The van der Waals surface area contributed by atoms with Crippen LogP contribution in [0, 0.1) is 0 Å². The lowest BCUT2D eigenvalue weighted by Gasteiger charge is -2.09. The highest BCUT2D eigenvalue weighted by atomic mass is 35.5. The molecule has 1 N–H and O–H groups in total. The van der Waals surface area contributed by atoms with Crippen molar-refractivity contribution in [1.82, 2.24) is 19.7 Å². The lowest BCUT2D eigenvalue weighted by Crippen LogP contribution is -2.34.